The maximum Gasteiger partial charge on any atom is 0.417 e. The number of rotatable bonds is 2. The minimum atomic E-state index is -0.564. The molecule has 5 fully saturated rings. The van der Waals surface area contributed by atoms with Crippen molar-refractivity contribution in [2.75, 3.05) is 6.54 Å². The molecule has 1 atom stereocenters. The Kier molecular flexibility index (Phi) is 4.13. The van der Waals surface area contributed by atoms with Crippen molar-refractivity contribution in [1.82, 2.24) is 10.2 Å². The quantitative estimate of drug-likeness (QED) is 0.830. The van der Waals surface area contributed by atoms with Crippen molar-refractivity contribution < 1.29 is 14.3 Å². The van der Waals surface area contributed by atoms with Gasteiger partial charge in [0.05, 0.1) is 0 Å². The van der Waals surface area contributed by atoms with E-state index in [4.69, 9.17) is 4.74 Å². The molecule has 140 valence electrons. The molecule has 5 rings (SSSR count). The highest BCUT2D eigenvalue weighted by Crippen LogP contribution is 2.55. The molecule has 4 aliphatic carbocycles. The number of carbonyl (C=O) groups excluding carboxylic acids is 2. The van der Waals surface area contributed by atoms with Crippen molar-refractivity contribution in [3.05, 3.63) is 0 Å². The third-order valence-electron chi connectivity index (χ3n) is 6.59. The standard InChI is InChI=1S/C20H32N2O3/c1-19(2,3)25-18(24)22-5-4-16(9-17(22)23)21-20-10-13-6-14(11-20)8-15(7-13)12-20/h13-16,21H,4-12H2,1-3H3/t13?,14?,15?,16-,20?/m1/s1. The highest BCUT2D eigenvalue weighted by molar-refractivity contribution is 5.93. The van der Waals surface area contributed by atoms with E-state index in [1.807, 2.05) is 20.8 Å². The number of nitrogens with one attached hydrogen (secondary N) is 1. The number of nitrogens with zero attached hydrogens (tertiary/aromatic N) is 1. The maximum atomic E-state index is 12.5. The van der Waals surface area contributed by atoms with Gasteiger partial charge in [0.2, 0.25) is 5.91 Å². The van der Waals surface area contributed by atoms with Gasteiger partial charge in [-0.15, -0.1) is 0 Å². The molecule has 1 N–H and O–H groups in total. The van der Waals surface area contributed by atoms with Crippen molar-refractivity contribution in [2.45, 2.75) is 89.3 Å². The molecule has 0 aromatic rings. The largest absolute Gasteiger partial charge is 0.443 e. The zero-order valence-corrected chi connectivity index (χ0v) is 15.8. The minimum Gasteiger partial charge on any atom is -0.443 e. The molecule has 0 spiro atoms. The summed E-state index contributed by atoms with van der Waals surface area (Å²) in [6, 6.07) is 0.211. The molecule has 1 aliphatic heterocycles. The van der Waals surface area contributed by atoms with E-state index in [9.17, 15) is 9.59 Å². The van der Waals surface area contributed by atoms with Crippen LogP contribution < -0.4 is 5.32 Å². The van der Waals surface area contributed by atoms with Crippen LogP contribution in [0.25, 0.3) is 0 Å². The molecular formula is C20H32N2O3. The lowest BCUT2D eigenvalue weighted by atomic mass is 9.53. The molecule has 0 aromatic heterocycles. The summed E-state index contributed by atoms with van der Waals surface area (Å²) >= 11 is 0. The monoisotopic (exact) mass is 348 g/mol. The second kappa shape index (κ2) is 5.97. The van der Waals surface area contributed by atoms with Gasteiger partial charge in [-0.25, -0.2) is 9.69 Å². The topological polar surface area (TPSA) is 58.6 Å². The second-order valence-corrected chi connectivity index (χ2v) is 10.1. The molecule has 1 heterocycles. The van der Waals surface area contributed by atoms with Gasteiger partial charge in [0.15, 0.2) is 0 Å². The Labute approximate surface area is 150 Å². The van der Waals surface area contributed by atoms with E-state index in [0.717, 1.165) is 24.2 Å². The first-order valence-corrected chi connectivity index (χ1v) is 10.0. The van der Waals surface area contributed by atoms with Gasteiger partial charge in [-0.2, -0.15) is 0 Å². The number of imide groups is 1. The number of hydrogen-bond acceptors (Lipinski definition) is 4. The van der Waals surface area contributed by atoms with Crippen LogP contribution in [0.4, 0.5) is 4.79 Å². The average molecular weight is 348 g/mol. The van der Waals surface area contributed by atoms with Crippen LogP contribution in [0, 0.1) is 17.8 Å². The van der Waals surface area contributed by atoms with Crippen LogP contribution in [-0.4, -0.2) is 40.6 Å². The zero-order chi connectivity index (χ0) is 17.8. The second-order valence-electron chi connectivity index (χ2n) is 10.1. The lowest BCUT2D eigenvalue weighted by molar-refractivity contribution is -0.133. The lowest BCUT2D eigenvalue weighted by Gasteiger charge is -2.58. The van der Waals surface area contributed by atoms with Gasteiger partial charge in [0.1, 0.15) is 5.60 Å². The molecule has 5 aliphatic rings. The Bertz CT molecular complexity index is 530. The summed E-state index contributed by atoms with van der Waals surface area (Å²) in [6.45, 7) is 5.96. The summed E-state index contributed by atoms with van der Waals surface area (Å²) in [4.78, 5) is 26.0. The lowest BCUT2D eigenvalue weighted by Crippen LogP contribution is -2.62. The van der Waals surface area contributed by atoms with E-state index < -0.39 is 11.7 Å². The van der Waals surface area contributed by atoms with Crippen LogP contribution >= 0.6 is 0 Å². The molecule has 0 radical (unpaired) electrons. The molecule has 5 heteroatoms. The number of likely N-dealkylation sites (tertiary alicyclic amines) is 1. The number of piperidine rings is 1. The Hall–Kier alpha value is -1.10. The fraction of sp³-hybridized carbons (Fsp3) is 0.900. The molecule has 0 unspecified atom stereocenters. The van der Waals surface area contributed by atoms with Crippen molar-refractivity contribution in [3.63, 3.8) is 0 Å². The normalized spacial score (nSPS) is 40.4. The third-order valence-corrected chi connectivity index (χ3v) is 6.59. The van der Waals surface area contributed by atoms with E-state index in [0.29, 0.717) is 13.0 Å². The van der Waals surface area contributed by atoms with Gasteiger partial charge in [0, 0.05) is 24.5 Å². The van der Waals surface area contributed by atoms with E-state index in [2.05, 4.69) is 5.32 Å². The minimum absolute atomic E-state index is 0.0947. The van der Waals surface area contributed by atoms with Gasteiger partial charge in [-0.1, -0.05) is 0 Å². The summed E-state index contributed by atoms with van der Waals surface area (Å²) in [7, 11) is 0. The molecule has 1 saturated heterocycles. The molecule has 4 bridgehead atoms. The van der Waals surface area contributed by atoms with Crippen LogP contribution in [0.15, 0.2) is 0 Å². The Balaban J connectivity index is 1.36. The summed E-state index contributed by atoms with van der Waals surface area (Å²) in [5, 5.41) is 3.90. The molecular weight excluding hydrogens is 316 g/mol. The fourth-order valence-electron chi connectivity index (χ4n) is 6.19. The first-order chi connectivity index (χ1) is 11.7. The van der Waals surface area contributed by atoms with Crippen LogP contribution in [-0.2, 0) is 9.53 Å². The predicted molar refractivity (Wildman–Crippen MR) is 95.0 cm³/mol. The first-order valence-electron chi connectivity index (χ1n) is 10.0. The summed E-state index contributed by atoms with van der Waals surface area (Å²) in [5.41, 5.74) is -0.292. The maximum absolute atomic E-state index is 12.5. The summed E-state index contributed by atoms with van der Waals surface area (Å²) in [5.74, 6) is 2.60. The van der Waals surface area contributed by atoms with Crippen molar-refractivity contribution in [3.8, 4) is 0 Å². The Morgan fingerprint density at radius 1 is 1.12 bits per heavy atom. The first kappa shape index (κ1) is 17.3. The average Bonchev–Trinajstić information content (AvgIpc) is 2.43. The van der Waals surface area contributed by atoms with Crippen LogP contribution in [0.5, 0.6) is 0 Å². The zero-order valence-electron chi connectivity index (χ0n) is 15.8. The summed E-state index contributed by atoms with van der Waals surface area (Å²) in [6.07, 6.45) is 8.92. The van der Waals surface area contributed by atoms with Gasteiger partial charge in [0.25, 0.3) is 0 Å². The van der Waals surface area contributed by atoms with Crippen LogP contribution in [0.3, 0.4) is 0 Å². The number of hydrogen-bond donors (Lipinski definition) is 1. The van der Waals surface area contributed by atoms with Crippen molar-refractivity contribution in [1.29, 1.82) is 0 Å². The molecule has 25 heavy (non-hydrogen) atoms. The van der Waals surface area contributed by atoms with E-state index in [1.165, 1.54) is 43.4 Å². The van der Waals surface area contributed by atoms with Gasteiger partial charge >= 0.3 is 6.09 Å². The van der Waals surface area contributed by atoms with Crippen LogP contribution in [0.1, 0.15) is 72.1 Å². The molecule has 5 nitrogen and oxygen atoms in total. The smallest absolute Gasteiger partial charge is 0.417 e. The SMILES string of the molecule is CC(C)(C)OC(=O)N1CC[C@@H](NC23CC4CC(CC(C4)C2)C3)CC1=O. The molecule has 4 saturated carbocycles. The van der Waals surface area contributed by atoms with Crippen LogP contribution in [0.2, 0.25) is 0 Å². The summed E-state index contributed by atoms with van der Waals surface area (Å²) < 4.78 is 5.36. The van der Waals surface area contributed by atoms with E-state index >= 15 is 0 Å². The highest BCUT2D eigenvalue weighted by atomic mass is 16.6. The van der Waals surface area contributed by atoms with E-state index in [1.54, 1.807) is 0 Å². The van der Waals surface area contributed by atoms with Gasteiger partial charge < -0.3 is 10.1 Å². The highest BCUT2D eigenvalue weighted by Gasteiger charge is 2.51. The van der Waals surface area contributed by atoms with E-state index in [-0.39, 0.29) is 17.5 Å². The van der Waals surface area contributed by atoms with Crippen molar-refractivity contribution >= 4 is 12.0 Å². The van der Waals surface area contributed by atoms with Gasteiger partial charge in [-0.3, -0.25) is 4.79 Å². The van der Waals surface area contributed by atoms with Gasteiger partial charge in [-0.05, 0) is 83.5 Å². The van der Waals surface area contributed by atoms with Crippen molar-refractivity contribution in [2.24, 2.45) is 17.8 Å². The number of ether oxygens (including phenoxy) is 1. The number of amides is 2. The predicted octanol–water partition coefficient (Wildman–Crippen LogP) is 3.47. The fourth-order valence-corrected chi connectivity index (χ4v) is 6.19. The molecule has 2 amide bonds. The third kappa shape index (κ3) is 3.57. The Morgan fingerprint density at radius 2 is 1.68 bits per heavy atom. The number of carbonyl (C=O) groups is 2. The Morgan fingerprint density at radius 3 is 2.16 bits per heavy atom. The molecule has 0 aromatic carbocycles.